The predicted molar refractivity (Wildman–Crippen MR) is 132 cm³/mol. The minimum absolute atomic E-state index is 0.423. The Labute approximate surface area is 196 Å². The van der Waals surface area contributed by atoms with E-state index in [0.29, 0.717) is 16.2 Å². The molecule has 0 amide bonds. The third-order valence-electron chi connectivity index (χ3n) is 13.1. The minimum Gasteiger partial charge on any atom is -0.0848 e. The summed E-state index contributed by atoms with van der Waals surface area (Å²) < 4.78 is 0. The first-order valence-electron chi connectivity index (χ1n) is 14.8. The fraction of sp³-hybridized carbons (Fsp3) is 0.812. The van der Waals surface area contributed by atoms with Gasteiger partial charge in [0.2, 0.25) is 0 Å². The van der Waals surface area contributed by atoms with Crippen molar-refractivity contribution in [3.05, 3.63) is 36.5 Å². The highest BCUT2D eigenvalue weighted by Gasteiger charge is 2.68. The molecule has 7 saturated carbocycles. The average Bonchev–Trinajstić information content (AvgIpc) is 3.54. The Morgan fingerprint density at radius 2 is 1.44 bits per heavy atom. The van der Waals surface area contributed by atoms with Gasteiger partial charge in [0, 0.05) is 5.41 Å². The fourth-order valence-electron chi connectivity index (χ4n) is 12.7. The van der Waals surface area contributed by atoms with E-state index in [1.807, 2.05) is 0 Å². The van der Waals surface area contributed by atoms with Gasteiger partial charge in [-0.2, -0.15) is 0 Å². The number of hydrogen-bond acceptors (Lipinski definition) is 0. The van der Waals surface area contributed by atoms with Gasteiger partial charge in [-0.3, -0.25) is 0 Å². The highest BCUT2D eigenvalue weighted by Crippen LogP contribution is 2.75. The van der Waals surface area contributed by atoms with Crippen LogP contribution in [0.4, 0.5) is 0 Å². The summed E-state index contributed by atoms with van der Waals surface area (Å²) in [4.78, 5) is 0. The molecule has 6 bridgehead atoms. The van der Waals surface area contributed by atoms with Crippen LogP contribution >= 0.6 is 0 Å². The Balaban J connectivity index is 1.29. The molecule has 7 fully saturated rings. The van der Waals surface area contributed by atoms with Crippen LogP contribution in [-0.2, 0) is 0 Å². The van der Waals surface area contributed by atoms with Crippen LogP contribution in [0, 0.1) is 63.6 Å². The van der Waals surface area contributed by atoms with Gasteiger partial charge in [0.1, 0.15) is 0 Å². The van der Waals surface area contributed by atoms with E-state index in [0.717, 1.165) is 47.3 Å². The van der Waals surface area contributed by atoms with Crippen molar-refractivity contribution in [1.82, 2.24) is 0 Å². The molecule has 7 atom stereocenters. The lowest BCUT2D eigenvalue weighted by Crippen LogP contribution is -2.59. The van der Waals surface area contributed by atoms with Gasteiger partial charge < -0.3 is 0 Å². The van der Waals surface area contributed by atoms with Crippen molar-refractivity contribution in [3.8, 4) is 0 Å². The molecular formula is C32H44. The molecule has 0 nitrogen and oxygen atoms in total. The zero-order valence-electron chi connectivity index (χ0n) is 20.2. The fourth-order valence-corrected chi connectivity index (χ4v) is 12.7. The Morgan fingerprint density at radius 3 is 2.12 bits per heavy atom. The van der Waals surface area contributed by atoms with Crippen LogP contribution in [0.1, 0.15) is 96.3 Å². The lowest BCUT2D eigenvalue weighted by molar-refractivity contribution is -0.138. The molecule has 0 aromatic rings. The number of fused-ring (bicyclic) bond motifs is 3. The predicted octanol–water partition coefficient (Wildman–Crippen LogP) is 8.50. The Morgan fingerprint density at radius 1 is 0.656 bits per heavy atom. The summed E-state index contributed by atoms with van der Waals surface area (Å²) in [6.45, 7) is 0. The molecule has 9 rings (SSSR count). The van der Waals surface area contributed by atoms with Crippen LogP contribution in [0.25, 0.3) is 0 Å². The molecule has 0 N–H and O–H groups in total. The highest BCUT2D eigenvalue weighted by atomic mass is 14.7. The summed E-state index contributed by atoms with van der Waals surface area (Å²) in [7, 11) is 0. The monoisotopic (exact) mass is 428 g/mol. The Kier molecular flexibility index (Phi) is 4.07. The van der Waals surface area contributed by atoms with E-state index in [4.69, 9.17) is 0 Å². The van der Waals surface area contributed by atoms with E-state index in [-0.39, 0.29) is 0 Å². The van der Waals surface area contributed by atoms with Crippen LogP contribution in [0.5, 0.6) is 0 Å². The van der Waals surface area contributed by atoms with Crippen molar-refractivity contribution in [3.63, 3.8) is 0 Å². The molecule has 7 unspecified atom stereocenters. The quantitative estimate of drug-likeness (QED) is 0.395. The lowest BCUT2D eigenvalue weighted by Gasteiger charge is -2.66. The van der Waals surface area contributed by atoms with Crippen LogP contribution in [0.15, 0.2) is 36.5 Å². The van der Waals surface area contributed by atoms with Gasteiger partial charge in [-0.1, -0.05) is 55.7 Å². The average molecular weight is 429 g/mol. The molecule has 9 aliphatic carbocycles. The second kappa shape index (κ2) is 6.66. The first kappa shape index (κ1) is 19.5. The number of allylic oxidation sites excluding steroid dienone is 6. The first-order chi connectivity index (χ1) is 15.7. The summed E-state index contributed by atoms with van der Waals surface area (Å²) in [5, 5.41) is 0. The van der Waals surface area contributed by atoms with E-state index in [1.165, 1.54) is 38.5 Å². The van der Waals surface area contributed by atoms with Gasteiger partial charge in [-0.25, -0.2) is 0 Å². The molecule has 0 aliphatic heterocycles. The van der Waals surface area contributed by atoms with E-state index >= 15 is 0 Å². The maximum Gasteiger partial charge on any atom is 0.00750 e. The second-order valence-corrected chi connectivity index (χ2v) is 14.3. The molecule has 0 saturated heterocycles. The van der Waals surface area contributed by atoms with Gasteiger partial charge in [0.05, 0.1) is 0 Å². The van der Waals surface area contributed by atoms with Crippen LogP contribution in [0.2, 0.25) is 0 Å². The van der Waals surface area contributed by atoms with Gasteiger partial charge in [-0.15, -0.1) is 0 Å². The zero-order valence-corrected chi connectivity index (χ0v) is 20.2. The third-order valence-corrected chi connectivity index (χ3v) is 13.1. The van der Waals surface area contributed by atoms with Gasteiger partial charge in [0.25, 0.3) is 0 Å². The van der Waals surface area contributed by atoms with Crippen LogP contribution < -0.4 is 0 Å². The van der Waals surface area contributed by atoms with Crippen molar-refractivity contribution in [1.29, 1.82) is 0 Å². The Bertz CT molecular complexity index is 837. The van der Waals surface area contributed by atoms with Crippen molar-refractivity contribution >= 4 is 0 Å². The van der Waals surface area contributed by atoms with Gasteiger partial charge in [-0.05, 0) is 135 Å². The van der Waals surface area contributed by atoms with Crippen LogP contribution in [-0.4, -0.2) is 0 Å². The van der Waals surface area contributed by atoms with Crippen molar-refractivity contribution in [2.75, 3.05) is 0 Å². The molecule has 0 heteroatoms. The van der Waals surface area contributed by atoms with Gasteiger partial charge >= 0.3 is 0 Å². The maximum atomic E-state index is 2.90. The molecule has 0 radical (unpaired) electrons. The first-order valence-corrected chi connectivity index (χ1v) is 14.8. The van der Waals surface area contributed by atoms with Crippen molar-refractivity contribution < 1.29 is 0 Å². The van der Waals surface area contributed by atoms with Crippen molar-refractivity contribution in [2.24, 2.45) is 63.6 Å². The summed E-state index contributed by atoms with van der Waals surface area (Å²) in [5.74, 6) is 7.95. The Hall–Kier alpha value is -0.780. The van der Waals surface area contributed by atoms with E-state index in [2.05, 4.69) is 36.5 Å². The third kappa shape index (κ3) is 2.41. The van der Waals surface area contributed by atoms with E-state index in [1.54, 1.807) is 57.8 Å². The highest BCUT2D eigenvalue weighted by molar-refractivity contribution is 5.36. The lowest BCUT2D eigenvalue weighted by atomic mass is 9.38. The molecule has 172 valence electrons. The molecule has 0 spiro atoms. The zero-order chi connectivity index (χ0) is 21.0. The molecule has 9 aliphatic rings. The topological polar surface area (TPSA) is 0 Å². The second-order valence-electron chi connectivity index (χ2n) is 14.3. The molecule has 0 aromatic carbocycles. The molecule has 0 heterocycles. The molecule has 0 aromatic heterocycles. The maximum absolute atomic E-state index is 2.90. The van der Waals surface area contributed by atoms with E-state index in [9.17, 15) is 0 Å². The standard InChI is InChI=1S/C32H44/c1-2-6-27-26(5-1)8-9-28(27)32(31-13-10-22(21-31)11-14-31)12-4-3-7-29(32)30-18-23-15-24(19-30)17-25(16-23)20-30/h3-4,7,10,12-13,22-29H,1-2,5-6,8-9,11,14-21H2. The largest absolute Gasteiger partial charge is 0.0848 e. The van der Waals surface area contributed by atoms with Crippen molar-refractivity contribution in [2.45, 2.75) is 96.3 Å². The minimum atomic E-state index is 0.423. The summed E-state index contributed by atoms with van der Waals surface area (Å²) in [6, 6.07) is 0. The molecule has 32 heavy (non-hydrogen) atoms. The normalized spacial score (nSPS) is 59.2. The summed E-state index contributed by atoms with van der Waals surface area (Å²) >= 11 is 0. The van der Waals surface area contributed by atoms with E-state index < -0.39 is 0 Å². The van der Waals surface area contributed by atoms with Crippen LogP contribution in [0.3, 0.4) is 0 Å². The number of hydrogen-bond donors (Lipinski definition) is 0. The smallest absolute Gasteiger partial charge is 0.00750 e. The summed E-state index contributed by atoms with van der Waals surface area (Å²) in [6.07, 6.45) is 39.4. The SMILES string of the molecule is C1=CC(C23CC4CC(CC(C4)C2)C3)C(C2CCC3CCCCC32)(C23C=CC(CC2)C3)C=C1. The van der Waals surface area contributed by atoms with Gasteiger partial charge in [0.15, 0.2) is 0 Å². The molecular weight excluding hydrogens is 384 g/mol. The summed E-state index contributed by atoms with van der Waals surface area (Å²) in [5.41, 5.74) is 1.53. The number of rotatable bonds is 3.